The van der Waals surface area contributed by atoms with Crippen molar-refractivity contribution < 1.29 is 19.1 Å². The van der Waals surface area contributed by atoms with Gasteiger partial charge in [-0.25, -0.2) is 4.79 Å². The van der Waals surface area contributed by atoms with E-state index < -0.39 is 24.1 Å². The molecule has 2 atom stereocenters. The van der Waals surface area contributed by atoms with Crippen molar-refractivity contribution in [1.29, 1.82) is 0 Å². The van der Waals surface area contributed by atoms with Gasteiger partial charge in [-0.2, -0.15) is 0 Å². The van der Waals surface area contributed by atoms with Gasteiger partial charge in [-0.1, -0.05) is 24.8 Å². The molecule has 0 bridgehead atoms. The molecule has 0 fully saturated rings. The number of hydrogen-bond donors (Lipinski definition) is 3. The number of rotatable bonds is 8. The van der Waals surface area contributed by atoms with E-state index in [0.29, 0.717) is 11.6 Å². The second-order valence-corrected chi connectivity index (χ2v) is 5.57. The molecular weight excluding hydrogens is 346 g/mol. The summed E-state index contributed by atoms with van der Waals surface area (Å²) in [6.45, 7) is 6.49. The number of carbonyl (C=O) groups excluding carboxylic acids is 3. The maximum atomic E-state index is 12.1. The lowest BCUT2D eigenvalue weighted by atomic mass is 10.2. The summed E-state index contributed by atoms with van der Waals surface area (Å²) in [5, 5.41) is 7.56. The molecule has 0 aliphatic heterocycles. The van der Waals surface area contributed by atoms with E-state index in [0.717, 1.165) is 5.56 Å². The average molecular weight is 368 g/mol. The molecule has 3 amide bonds. The Hall–Kier alpha value is -2.54. The third-order valence-electron chi connectivity index (χ3n) is 3.19. The highest BCUT2D eigenvalue weighted by molar-refractivity contribution is 6.17. The van der Waals surface area contributed by atoms with Crippen molar-refractivity contribution >= 4 is 35.2 Å². The van der Waals surface area contributed by atoms with E-state index in [-0.39, 0.29) is 12.5 Å². The van der Waals surface area contributed by atoms with Crippen molar-refractivity contribution in [3.63, 3.8) is 0 Å². The van der Waals surface area contributed by atoms with Crippen LogP contribution in [0.5, 0.6) is 0 Å². The minimum Gasteiger partial charge on any atom is -0.445 e. The van der Waals surface area contributed by atoms with Crippen LogP contribution in [0, 0.1) is 0 Å². The van der Waals surface area contributed by atoms with E-state index in [2.05, 4.69) is 22.5 Å². The summed E-state index contributed by atoms with van der Waals surface area (Å²) in [5.74, 6) is -0.495. The van der Waals surface area contributed by atoms with Crippen LogP contribution in [0.25, 0.3) is 0 Å². The van der Waals surface area contributed by atoms with Crippen LogP contribution in [0.4, 0.5) is 10.5 Å². The highest BCUT2D eigenvalue weighted by Crippen LogP contribution is 2.11. The maximum Gasteiger partial charge on any atom is 0.408 e. The van der Waals surface area contributed by atoms with Gasteiger partial charge in [0.1, 0.15) is 18.7 Å². The van der Waals surface area contributed by atoms with E-state index in [1.807, 2.05) is 0 Å². The first kappa shape index (κ1) is 20.5. The van der Waals surface area contributed by atoms with Gasteiger partial charge in [0.25, 0.3) is 0 Å². The van der Waals surface area contributed by atoms with Crippen LogP contribution < -0.4 is 16.0 Å². The van der Waals surface area contributed by atoms with Crippen molar-refractivity contribution in [2.24, 2.45) is 0 Å². The summed E-state index contributed by atoms with van der Waals surface area (Å²) in [5.41, 5.74) is 1.53. The number of ether oxygens (including phenoxy) is 1. The molecule has 8 heteroatoms. The number of benzene rings is 1. The Bertz CT molecular complexity index is 619. The molecule has 0 saturated heterocycles. The molecule has 0 heterocycles. The van der Waals surface area contributed by atoms with Crippen molar-refractivity contribution in [2.75, 3.05) is 11.9 Å². The zero-order valence-corrected chi connectivity index (χ0v) is 14.9. The molecule has 3 N–H and O–H groups in total. The van der Waals surface area contributed by atoms with Gasteiger partial charge in [-0.3, -0.25) is 9.59 Å². The fourth-order valence-corrected chi connectivity index (χ4v) is 1.93. The lowest BCUT2D eigenvalue weighted by molar-refractivity contribution is -0.127. The van der Waals surface area contributed by atoms with E-state index >= 15 is 0 Å². The molecule has 1 aromatic rings. The smallest absolute Gasteiger partial charge is 0.408 e. The highest BCUT2D eigenvalue weighted by atomic mass is 35.5. The van der Waals surface area contributed by atoms with Crippen LogP contribution in [0.1, 0.15) is 19.4 Å². The van der Waals surface area contributed by atoms with Crippen LogP contribution in [-0.2, 0) is 20.2 Å². The Labute approximate surface area is 151 Å². The van der Waals surface area contributed by atoms with Crippen molar-refractivity contribution in [2.45, 2.75) is 31.8 Å². The Morgan fingerprint density at radius 3 is 2.28 bits per heavy atom. The van der Waals surface area contributed by atoms with Crippen LogP contribution in [-0.4, -0.2) is 36.6 Å². The zero-order valence-electron chi connectivity index (χ0n) is 14.2. The van der Waals surface area contributed by atoms with Gasteiger partial charge in [0.05, 0.1) is 0 Å². The fourth-order valence-electron chi connectivity index (χ4n) is 1.75. The predicted octanol–water partition coefficient (Wildman–Crippen LogP) is 2.17. The number of hydrogen-bond acceptors (Lipinski definition) is 4. The van der Waals surface area contributed by atoms with E-state index in [1.165, 1.54) is 13.0 Å². The predicted molar refractivity (Wildman–Crippen MR) is 96.4 cm³/mol. The quantitative estimate of drug-likeness (QED) is 0.484. The summed E-state index contributed by atoms with van der Waals surface area (Å²) in [6, 6.07) is 5.41. The normalized spacial score (nSPS) is 12.4. The SMILES string of the molecule is C=CCOC(=O)N[C@@H](C)C(=O)N[C@@H](C)C(=O)Nc1ccc(CCl)cc1. The van der Waals surface area contributed by atoms with Crippen LogP contribution in [0.15, 0.2) is 36.9 Å². The number of carbonyl (C=O) groups is 3. The number of anilines is 1. The van der Waals surface area contributed by atoms with Crippen molar-refractivity contribution in [3.8, 4) is 0 Å². The van der Waals surface area contributed by atoms with Crippen LogP contribution in [0.2, 0.25) is 0 Å². The molecule has 25 heavy (non-hydrogen) atoms. The molecule has 0 aromatic heterocycles. The Morgan fingerprint density at radius 2 is 1.72 bits per heavy atom. The number of alkyl halides is 1. The molecule has 0 saturated carbocycles. The lowest BCUT2D eigenvalue weighted by Gasteiger charge is -2.18. The molecule has 0 radical (unpaired) electrons. The summed E-state index contributed by atoms with van der Waals surface area (Å²) in [6.07, 6.45) is 0.676. The van der Waals surface area contributed by atoms with E-state index in [4.69, 9.17) is 16.3 Å². The van der Waals surface area contributed by atoms with Gasteiger partial charge in [-0.15, -0.1) is 11.6 Å². The molecular formula is C17H22ClN3O4. The summed E-state index contributed by atoms with van der Waals surface area (Å²) >= 11 is 5.71. The Kier molecular flexibility index (Phi) is 8.49. The minimum atomic E-state index is -0.851. The van der Waals surface area contributed by atoms with Gasteiger partial charge >= 0.3 is 6.09 Å². The molecule has 1 aromatic carbocycles. The van der Waals surface area contributed by atoms with E-state index in [1.54, 1.807) is 31.2 Å². The van der Waals surface area contributed by atoms with Gasteiger partial charge in [0.2, 0.25) is 11.8 Å². The second kappa shape index (κ2) is 10.4. The molecule has 0 aliphatic carbocycles. The summed E-state index contributed by atoms with van der Waals surface area (Å²) < 4.78 is 4.73. The lowest BCUT2D eigenvalue weighted by Crippen LogP contribution is -2.50. The first-order chi connectivity index (χ1) is 11.9. The first-order valence-electron chi connectivity index (χ1n) is 7.67. The third-order valence-corrected chi connectivity index (χ3v) is 3.50. The van der Waals surface area contributed by atoms with Crippen LogP contribution in [0.3, 0.4) is 0 Å². The van der Waals surface area contributed by atoms with Gasteiger partial charge in [0, 0.05) is 11.6 Å². The maximum absolute atomic E-state index is 12.1. The summed E-state index contributed by atoms with van der Waals surface area (Å²) in [7, 11) is 0. The zero-order chi connectivity index (χ0) is 18.8. The van der Waals surface area contributed by atoms with Crippen molar-refractivity contribution in [3.05, 3.63) is 42.5 Å². The molecule has 1 rings (SSSR count). The number of amides is 3. The molecule has 0 aliphatic rings. The molecule has 0 unspecified atom stereocenters. The first-order valence-corrected chi connectivity index (χ1v) is 8.21. The minimum absolute atomic E-state index is 0.0431. The van der Waals surface area contributed by atoms with Gasteiger partial charge in [0.15, 0.2) is 0 Å². The topological polar surface area (TPSA) is 96.5 Å². The Balaban J connectivity index is 2.48. The van der Waals surface area contributed by atoms with Gasteiger partial charge in [-0.05, 0) is 31.5 Å². The van der Waals surface area contributed by atoms with Crippen molar-refractivity contribution in [1.82, 2.24) is 10.6 Å². The summed E-state index contributed by atoms with van der Waals surface area (Å²) in [4.78, 5) is 35.5. The standard InChI is InChI=1S/C17H22ClN3O4/c1-4-9-25-17(24)20-12(3)15(22)19-11(2)16(23)21-14-7-5-13(10-18)6-8-14/h4-8,11-12H,1,9-10H2,2-3H3,(H,19,22)(H,20,24)(H,21,23)/t11-,12-/m0/s1. The molecule has 0 spiro atoms. The number of alkyl carbamates (subject to hydrolysis) is 1. The number of nitrogens with one attached hydrogen (secondary N) is 3. The largest absolute Gasteiger partial charge is 0.445 e. The third kappa shape index (κ3) is 7.26. The molecule has 7 nitrogen and oxygen atoms in total. The van der Waals surface area contributed by atoms with E-state index in [9.17, 15) is 14.4 Å². The number of halogens is 1. The average Bonchev–Trinajstić information content (AvgIpc) is 2.60. The van der Waals surface area contributed by atoms with Gasteiger partial charge < -0.3 is 20.7 Å². The fraction of sp³-hybridized carbons (Fsp3) is 0.353. The second-order valence-electron chi connectivity index (χ2n) is 5.30. The highest BCUT2D eigenvalue weighted by Gasteiger charge is 2.21. The monoisotopic (exact) mass is 367 g/mol. The van der Waals surface area contributed by atoms with Crippen LogP contribution >= 0.6 is 11.6 Å². The molecule has 136 valence electrons. The Morgan fingerprint density at radius 1 is 1.12 bits per heavy atom.